The van der Waals surface area contributed by atoms with Gasteiger partial charge in [0.2, 0.25) is 5.91 Å². The first-order valence-corrected chi connectivity index (χ1v) is 9.49. The maximum Gasteiger partial charge on any atom is 0.266 e. The van der Waals surface area contributed by atoms with Gasteiger partial charge in [-0.25, -0.2) is 9.37 Å². The predicted octanol–water partition coefficient (Wildman–Crippen LogP) is 2.43. The maximum atomic E-state index is 13.0. The van der Waals surface area contributed by atoms with E-state index in [1.165, 1.54) is 17.0 Å². The first kappa shape index (κ1) is 19.2. The second-order valence-corrected chi connectivity index (χ2v) is 7.50. The van der Waals surface area contributed by atoms with Crippen LogP contribution in [0.5, 0.6) is 0 Å². The minimum absolute atomic E-state index is 0.115. The first-order valence-electron chi connectivity index (χ1n) is 8.26. The van der Waals surface area contributed by atoms with E-state index in [4.69, 9.17) is 12.2 Å². The Kier molecular flexibility index (Phi) is 6.36. The van der Waals surface area contributed by atoms with Crippen LogP contribution < -0.4 is 5.32 Å². The smallest absolute Gasteiger partial charge is 0.266 e. The minimum Gasteiger partial charge on any atom is -0.354 e. The summed E-state index contributed by atoms with van der Waals surface area (Å²) in [5.41, 5.74) is 0.695. The van der Waals surface area contributed by atoms with Crippen molar-refractivity contribution in [3.63, 3.8) is 0 Å². The third-order valence-corrected chi connectivity index (χ3v) is 5.20. The van der Waals surface area contributed by atoms with Gasteiger partial charge in [0.05, 0.1) is 11.2 Å². The van der Waals surface area contributed by atoms with Crippen molar-refractivity contribution in [2.45, 2.75) is 13.0 Å². The van der Waals surface area contributed by atoms with E-state index in [0.29, 0.717) is 21.3 Å². The summed E-state index contributed by atoms with van der Waals surface area (Å²) in [5.74, 6) is -0.924. The molecule has 1 aliphatic heterocycles. The predicted molar refractivity (Wildman–Crippen MR) is 106 cm³/mol. The van der Waals surface area contributed by atoms with Crippen molar-refractivity contribution in [1.82, 2.24) is 19.8 Å². The molecule has 1 aromatic heterocycles. The van der Waals surface area contributed by atoms with Crippen molar-refractivity contribution in [1.29, 1.82) is 0 Å². The Bertz CT molecular complexity index is 866. The van der Waals surface area contributed by atoms with E-state index in [1.54, 1.807) is 30.7 Å². The number of nitrogens with one attached hydrogen (secondary N) is 1. The molecule has 2 aromatic rings. The molecule has 1 N–H and O–H groups in total. The summed E-state index contributed by atoms with van der Waals surface area (Å²) in [7, 11) is 0. The summed E-state index contributed by atoms with van der Waals surface area (Å²) in [6, 6.07) is 5.80. The van der Waals surface area contributed by atoms with Crippen molar-refractivity contribution < 1.29 is 14.0 Å². The molecule has 9 heteroatoms. The number of amides is 2. The Morgan fingerprint density at radius 1 is 1.33 bits per heavy atom. The summed E-state index contributed by atoms with van der Waals surface area (Å²) in [6.07, 6.45) is 7.67. The normalized spacial score (nSPS) is 15.6. The number of benzene rings is 1. The lowest BCUT2D eigenvalue weighted by Crippen LogP contribution is -2.39. The highest BCUT2D eigenvalue weighted by atomic mass is 32.2. The monoisotopic (exact) mass is 404 g/mol. The van der Waals surface area contributed by atoms with E-state index in [-0.39, 0.29) is 24.2 Å². The molecule has 0 spiro atoms. The van der Waals surface area contributed by atoms with Crippen LogP contribution in [-0.4, -0.2) is 43.7 Å². The molecule has 140 valence electrons. The molecule has 2 amide bonds. The molecule has 3 rings (SSSR count). The molecular formula is C18H17FN4O2S2. The van der Waals surface area contributed by atoms with Gasteiger partial charge in [-0.3, -0.25) is 14.5 Å². The molecule has 0 aliphatic carbocycles. The Morgan fingerprint density at radius 3 is 2.81 bits per heavy atom. The van der Waals surface area contributed by atoms with E-state index in [2.05, 4.69) is 10.3 Å². The van der Waals surface area contributed by atoms with Crippen molar-refractivity contribution >= 4 is 46.2 Å². The van der Waals surface area contributed by atoms with Gasteiger partial charge in [-0.05, 0) is 30.2 Å². The van der Waals surface area contributed by atoms with Crippen LogP contribution in [0, 0.1) is 5.82 Å². The Hall–Kier alpha value is -2.52. The number of nitrogens with zero attached hydrogens (tertiary/aromatic N) is 3. The van der Waals surface area contributed by atoms with Crippen LogP contribution in [-0.2, 0) is 16.1 Å². The molecule has 2 heterocycles. The number of rotatable bonds is 7. The number of carbonyl (C=O) groups is 2. The fraction of sp³-hybridized carbons (Fsp3) is 0.222. The Labute approximate surface area is 165 Å². The summed E-state index contributed by atoms with van der Waals surface area (Å²) >= 11 is 6.35. The van der Waals surface area contributed by atoms with Gasteiger partial charge < -0.3 is 9.88 Å². The van der Waals surface area contributed by atoms with Crippen LogP contribution in [0.3, 0.4) is 0 Å². The largest absolute Gasteiger partial charge is 0.354 e. The number of aromatic nitrogens is 2. The highest BCUT2D eigenvalue weighted by Crippen LogP contribution is 2.32. The summed E-state index contributed by atoms with van der Waals surface area (Å²) in [5, 5.41) is 2.79. The second kappa shape index (κ2) is 8.92. The molecule has 1 aliphatic rings. The van der Waals surface area contributed by atoms with Crippen LogP contribution >= 0.6 is 24.0 Å². The quantitative estimate of drug-likeness (QED) is 0.436. The van der Waals surface area contributed by atoms with Crippen LogP contribution in [0.4, 0.5) is 4.39 Å². The molecule has 27 heavy (non-hydrogen) atoms. The lowest BCUT2D eigenvalue weighted by molar-refractivity contribution is -0.128. The number of aryl methyl sites for hydroxylation is 1. The van der Waals surface area contributed by atoms with Crippen molar-refractivity contribution in [2.75, 3.05) is 13.1 Å². The van der Waals surface area contributed by atoms with Gasteiger partial charge in [0.25, 0.3) is 5.91 Å². The zero-order valence-corrected chi connectivity index (χ0v) is 15.9. The van der Waals surface area contributed by atoms with Crippen molar-refractivity contribution in [3.8, 4) is 0 Å². The van der Waals surface area contributed by atoms with Gasteiger partial charge >= 0.3 is 0 Å². The van der Waals surface area contributed by atoms with E-state index in [0.717, 1.165) is 24.7 Å². The minimum atomic E-state index is -0.343. The molecule has 0 unspecified atom stereocenters. The van der Waals surface area contributed by atoms with E-state index < -0.39 is 0 Å². The lowest BCUT2D eigenvalue weighted by atomic mass is 10.2. The second-order valence-electron chi connectivity index (χ2n) is 5.82. The third kappa shape index (κ3) is 5.24. The van der Waals surface area contributed by atoms with Gasteiger partial charge in [0, 0.05) is 25.5 Å². The molecule has 1 saturated heterocycles. The van der Waals surface area contributed by atoms with Gasteiger partial charge in [-0.15, -0.1) is 0 Å². The highest BCUT2D eigenvalue weighted by molar-refractivity contribution is 8.26. The number of thiocarbonyl (C=S) groups is 1. The summed E-state index contributed by atoms with van der Waals surface area (Å²) in [4.78, 5) is 30.2. The van der Waals surface area contributed by atoms with Crippen LogP contribution in [0.1, 0.15) is 12.0 Å². The van der Waals surface area contributed by atoms with Gasteiger partial charge in [0.15, 0.2) is 0 Å². The van der Waals surface area contributed by atoms with Gasteiger partial charge in [0.1, 0.15) is 16.7 Å². The number of thioether (sulfide) groups is 1. The van der Waals surface area contributed by atoms with E-state index in [1.807, 2.05) is 10.8 Å². The van der Waals surface area contributed by atoms with Crippen molar-refractivity contribution in [2.24, 2.45) is 0 Å². The maximum absolute atomic E-state index is 13.0. The molecule has 6 nitrogen and oxygen atoms in total. The topological polar surface area (TPSA) is 67.2 Å². The SMILES string of the molecule is O=C(CN1C(=O)/C(=C/c2ccc(F)cc2)SC1=S)NCCCn1ccnc1. The zero-order chi connectivity index (χ0) is 19.2. The fourth-order valence-electron chi connectivity index (χ4n) is 2.45. The van der Waals surface area contributed by atoms with Crippen molar-refractivity contribution in [3.05, 3.63) is 59.3 Å². The van der Waals surface area contributed by atoms with Gasteiger partial charge in [-0.1, -0.05) is 36.1 Å². The molecule has 0 bridgehead atoms. The van der Waals surface area contributed by atoms with E-state index >= 15 is 0 Å². The van der Waals surface area contributed by atoms with Crippen LogP contribution in [0.25, 0.3) is 6.08 Å². The number of carbonyl (C=O) groups excluding carboxylic acids is 2. The average molecular weight is 404 g/mol. The Morgan fingerprint density at radius 2 is 2.11 bits per heavy atom. The standard InChI is InChI=1S/C18H17FN4O2S2/c19-14-4-2-13(3-5-14)10-15-17(25)23(18(26)27-15)11-16(24)21-6-1-8-22-9-7-20-12-22/h2-5,7,9-10,12H,1,6,8,11H2,(H,21,24)/b15-10-. The molecule has 0 radical (unpaired) electrons. The Balaban J connectivity index is 1.50. The van der Waals surface area contributed by atoms with Crippen LogP contribution in [0.2, 0.25) is 0 Å². The lowest BCUT2D eigenvalue weighted by Gasteiger charge is -2.14. The number of hydrogen-bond acceptors (Lipinski definition) is 5. The molecule has 0 atom stereocenters. The first-order chi connectivity index (χ1) is 13.0. The fourth-order valence-corrected chi connectivity index (χ4v) is 3.71. The summed E-state index contributed by atoms with van der Waals surface area (Å²) in [6.45, 7) is 1.13. The van der Waals surface area contributed by atoms with Crippen LogP contribution in [0.15, 0.2) is 47.9 Å². The van der Waals surface area contributed by atoms with Gasteiger partial charge in [-0.2, -0.15) is 0 Å². The molecule has 0 saturated carbocycles. The number of hydrogen-bond donors (Lipinski definition) is 1. The molecule has 1 fully saturated rings. The molecule has 1 aromatic carbocycles. The summed E-state index contributed by atoms with van der Waals surface area (Å²) < 4.78 is 15.2. The van der Waals surface area contributed by atoms with E-state index in [9.17, 15) is 14.0 Å². The third-order valence-electron chi connectivity index (χ3n) is 3.82. The molecular weight excluding hydrogens is 387 g/mol. The number of halogens is 1. The average Bonchev–Trinajstić information content (AvgIpc) is 3.25. The zero-order valence-electron chi connectivity index (χ0n) is 14.3. The highest BCUT2D eigenvalue weighted by Gasteiger charge is 2.33. The number of imidazole rings is 1.